The summed E-state index contributed by atoms with van der Waals surface area (Å²) in [6.45, 7) is 0.470. The molecule has 8 nitrogen and oxygen atoms in total. The fraction of sp³-hybridized carbons (Fsp3) is 0.286. The number of carbonyl (C=O) groups excluding carboxylic acids is 2. The molecule has 1 atom stereocenters. The Morgan fingerprint density at radius 1 is 1.17 bits per heavy atom. The van der Waals surface area contributed by atoms with Gasteiger partial charge in [-0.3, -0.25) is 9.59 Å². The number of nitrogens with one attached hydrogen (secondary N) is 1. The molecule has 2 amide bonds. The molecule has 0 aliphatic carbocycles. The number of carboxylic acid groups (broad SMARTS) is 1. The Morgan fingerprint density at radius 3 is 2.52 bits per heavy atom. The molecule has 0 radical (unpaired) electrons. The Hall–Kier alpha value is -3.39. The quantitative estimate of drug-likeness (QED) is 0.743. The number of aromatic carboxylic acids is 1. The summed E-state index contributed by atoms with van der Waals surface area (Å²) in [5.74, 6) is -1.43. The Labute approximate surface area is 168 Å². The summed E-state index contributed by atoms with van der Waals surface area (Å²) in [6.07, 6.45) is 0.0847. The first-order chi connectivity index (χ1) is 13.9. The first-order valence-electron chi connectivity index (χ1n) is 9.02. The fourth-order valence-electron chi connectivity index (χ4n) is 3.28. The number of benzene rings is 2. The van der Waals surface area contributed by atoms with Crippen molar-refractivity contribution in [2.45, 2.75) is 13.0 Å². The van der Waals surface area contributed by atoms with Crippen LogP contribution in [0.4, 0.5) is 11.4 Å². The van der Waals surface area contributed by atoms with E-state index in [0.29, 0.717) is 22.7 Å². The monoisotopic (exact) mass is 398 g/mol. The summed E-state index contributed by atoms with van der Waals surface area (Å²) in [5.41, 5.74) is 1.74. The predicted octanol–water partition coefficient (Wildman–Crippen LogP) is 2.53. The number of nitrogens with zero attached hydrogens (tertiary/aromatic N) is 1. The van der Waals surface area contributed by atoms with Crippen LogP contribution in [0.3, 0.4) is 0 Å². The molecule has 0 saturated carbocycles. The van der Waals surface area contributed by atoms with Gasteiger partial charge in [0.1, 0.15) is 5.75 Å². The third kappa shape index (κ3) is 4.72. The van der Waals surface area contributed by atoms with Gasteiger partial charge in [-0.1, -0.05) is 0 Å². The van der Waals surface area contributed by atoms with Gasteiger partial charge in [0, 0.05) is 31.5 Å². The average molecular weight is 398 g/mol. The number of amides is 2. The van der Waals surface area contributed by atoms with E-state index in [-0.39, 0.29) is 37.0 Å². The number of hydrogen-bond donors (Lipinski definition) is 2. The van der Waals surface area contributed by atoms with Crippen molar-refractivity contribution in [3.63, 3.8) is 0 Å². The second kappa shape index (κ2) is 8.74. The van der Waals surface area contributed by atoms with Gasteiger partial charge in [-0.15, -0.1) is 0 Å². The van der Waals surface area contributed by atoms with Crippen LogP contribution in [0.5, 0.6) is 5.75 Å². The molecule has 2 aromatic carbocycles. The molecule has 8 heteroatoms. The molecule has 0 spiro atoms. The third-order valence-electron chi connectivity index (χ3n) is 4.70. The normalized spacial score (nSPS) is 16.0. The van der Waals surface area contributed by atoms with Crippen molar-refractivity contribution < 1.29 is 29.0 Å². The second-order valence-electron chi connectivity index (χ2n) is 6.75. The SMILES string of the molecule is COCc1cc(NC(=O)C2CC(=O)N(c3ccc(OC)cc3)C2)cc(C(=O)O)c1. The molecular weight excluding hydrogens is 376 g/mol. The van der Waals surface area contributed by atoms with Crippen molar-refractivity contribution in [3.8, 4) is 5.75 Å². The molecule has 1 heterocycles. The van der Waals surface area contributed by atoms with Gasteiger partial charge in [0.05, 0.1) is 25.2 Å². The molecule has 1 fully saturated rings. The van der Waals surface area contributed by atoms with Crippen LogP contribution in [0.1, 0.15) is 22.3 Å². The standard InChI is InChI=1S/C21H22N2O6/c1-28-12-13-7-14(21(26)27)9-16(8-13)22-20(25)15-10-19(24)23(11-15)17-3-5-18(29-2)6-4-17/h3-9,15H,10-12H2,1-2H3,(H,22,25)(H,26,27). The van der Waals surface area contributed by atoms with Crippen LogP contribution in [0.15, 0.2) is 42.5 Å². The van der Waals surface area contributed by atoms with Crippen molar-refractivity contribution >= 4 is 29.2 Å². The van der Waals surface area contributed by atoms with Crippen LogP contribution in [0.2, 0.25) is 0 Å². The molecule has 1 aliphatic rings. The van der Waals surface area contributed by atoms with Gasteiger partial charge >= 0.3 is 5.97 Å². The number of carboxylic acids is 1. The van der Waals surface area contributed by atoms with Gasteiger partial charge in [-0.05, 0) is 48.0 Å². The summed E-state index contributed by atoms with van der Waals surface area (Å²) in [7, 11) is 3.07. The van der Waals surface area contributed by atoms with E-state index in [1.165, 1.54) is 19.2 Å². The maximum absolute atomic E-state index is 12.7. The highest BCUT2D eigenvalue weighted by Crippen LogP contribution is 2.28. The molecule has 1 aliphatic heterocycles. The lowest BCUT2D eigenvalue weighted by Gasteiger charge is -2.17. The van der Waals surface area contributed by atoms with E-state index in [9.17, 15) is 19.5 Å². The van der Waals surface area contributed by atoms with E-state index in [4.69, 9.17) is 9.47 Å². The minimum Gasteiger partial charge on any atom is -0.497 e. The molecular formula is C21H22N2O6. The Morgan fingerprint density at radius 2 is 1.90 bits per heavy atom. The van der Waals surface area contributed by atoms with Crippen LogP contribution in [0.25, 0.3) is 0 Å². The zero-order valence-corrected chi connectivity index (χ0v) is 16.2. The highest BCUT2D eigenvalue weighted by Gasteiger charge is 2.35. The van der Waals surface area contributed by atoms with E-state index >= 15 is 0 Å². The average Bonchev–Trinajstić information content (AvgIpc) is 3.10. The molecule has 0 aromatic heterocycles. The summed E-state index contributed by atoms with van der Waals surface area (Å²) < 4.78 is 10.2. The van der Waals surface area contributed by atoms with Crippen LogP contribution in [-0.4, -0.2) is 43.7 Å². The molecule has 29 heavy (non-hydrogen) atoms. The number of anilines is 2. The Bertz CT molecular complexity index is 925. The zero-order valence-electron chi connectivity index (χ0n) is 16.2. The smallest absolute Gasteiger partial charge is 0.335 e. The highest BCUT2D eigenvalue weighted by atomic mass is 16.5. The van der Waals surface area contributed by atoms with Crippen molar-refractivity contribution in [1.29, 1.82) is 0 Å². The fourth-order valence-corrected chi connectivity index (χ4v) is 3.28. The van der Waals surface area contributed by atoms with E-state index in [2.05, 4.69) is 5.32 Å². The van der Waals surface area contributed by atoms with Crippen molar-refractivity contribution in [2.24, 2.45) is 5.92 Å². The van der Waals surface area contributed by atoms with Crippen molar-refractivity contribution in [2.75, 3.05) is 31.0 Å². The van der Waals surface area contributed by atoms with Gasteiger partial charge in [0.2, 0.25) is 11.8 Å². The highest BCUT2D eigenvalue weighted by molar-refractivity contribution is 6.04. The lowest BCUT2D eigenvalue weighted by molar-refractivity contribution is -0.122. The van der Waals surface area contributed by atoms with Crippen molar-refractivity contribution in [1.82, 2.24) is 0 Å². The lowest BCUT2D eigenvalue weighted by atomic mass is 10.1. The number of hydrogen-bond acceptors (Lipinski definition) is 5. The van der Waals surface area contributed by atoms with Crippen LogP contribution < -0.4 is 15.0 Å². The summed E-state index contributed by atoms with van der Waals surface area (Å²) in [5, 5.41) is 12.0. The molecule has 1 unspecified atom stereocenters. The van der Waals surface area contributed by atoms with Crippen LogP contribution in [0, 0.1) is 5.92 Å². The topological polar surface area (TPSA) is 105 Å². The molecule has 0 bridgehead atoms. The predicted molar refractivity (Wildman–Crippen MR) is 106 cm³/mol. The minimum atomic E-state index is -1.10. The lowest BCUT2D eigenvalue weighted by Crippen LogP contribution is -2.28. The van der Waals surface area contributed by atoms with Crippen LogP contribution >= 0.6 is 0 Å². The Balaban J connectivity index is 1.72. The third-order valence-corrected chi connectivity index (χ3v) is 4.70. The van der Waals surface area contributed by atoms with Crippen LogP contribution in [-0.2, 0) is 20.9 Å². The molecule has 1 saturated heterocycles. The first kappa shape index (κ1) is 20.3. The minimum absolute atomic E-state index is 0.0530. The second-order valence-corrected chi connectivity index (χ2v) is 6.75. The maximum Gasteiger partial charge on any atom is 0.335 e. The Kier molecular flexibility index (Phi) is 6.13. The van der Waals surface area contributed by atoms with E-state index in [0.717, 1.165) is 0 Å². The van der Waals surface area contributed by atoms with E-state index < -0.39 is 11.9 Å². The van der Waals surface area contributed by atoms with Gasteiger partial charge in [-0.2, -0.15) is 0 Å². The van der Waals surface area contributed by atoms with Gasteiger partial charge in [0.15, 0.2) is 0 Å². The number of ether oxygens (including phenoxy) is 2. The molecule has 152 valence electrons. The molecule has 2 aromatic rings. The summed E-state index contributed by atoms with van der Waals surface area (Å²) >= 11 is 0. The van der Waals surface area contributed by atoms with Crippen molar-refractivity contribution in [3.05, 3.63) is 53.6 Å². The molecule has 2 N–H and O–H groups in total. The largest absolute Gasteiger partial charge is 0.497 e. The van der Waals surface area contributed by atoms with E-state index in [1.807, 2.05) is 0 Å². The van der Waals surface area contributed by atoms with Gasteiger partial charge < -0.3 is 24.8 Å². The maximum atomic E-state index is 12.7. The number of rotatable bonds is 7. The number of carbonyl (C=O) groups is 3. The molecule has 3 rings (SSSR count). The van der Waals surface area contributed by atoms with Gasteiger partial charge in [-0.25, -0.2) is 4.79 Å². The summed E-state index contributed by atoms with van der Waals surface area (Å²) in [6, 6.07) is 11.6. The number of methoxy groups -OCH3 is 2. The zero-order chi connectivity index (χ0) is 21.0. The van der Waals surface area contributed by atoms with Gasteiger partial charge in [0.25, 0.3) is 0 Å². The first-order valence-corrected chi connectivity index (χ1v) is 9.02. The summed E-state index contributed by atoms with van der Waals surface area (Å²) in [4.78, 5) is 38.0. The van der Waals surface area contributed by atoms with E-state index in [1.54, 1.807) is 42.3 Å².